The number of ether oxygens (including phenoxy) is 3. The summed E-state index contributed by atoms with van der Waals surface area (Å²) in [5.74, 6) is 0.949. The van der Waals surface area contributed by atoms with Gasteiger partial charge in [-0.05, 0) is 35.6 Å². The number of carbonyl (C=O) groups excluding carboxylic acids is 2. The largest absolute Gasteiger partial charge is 0.493 e. The van der Waals surface area contributed by atoms with Crippen molar-refractivity contribution in [3.63, 3.8) is 0 Å². The molecule has 0 radical (unpaired) electrons. The van der Waals surface area contributed by atoms with Gasteiger partial charge in [0.2, 0.25) is 11.7 Å². The molecule has 2 heterocycles. The first-order valence-electron chi connectivity index (χ1n) is 10.4. The van der Waals surface area contributed by atoms with Crippen LogP contribution in [0.15, 0.2) is 29.6 Å². The molecule has 1 aliphatic rings. The van der Waals surface area contributed by atoms with Crippen LogP contribution in [0.5, 0.6) is 17.2 Å². The lowest BCUT2D eigenvalue weighted by molar-refractivity contribution is -0.124. The third kappa shape index (κ3) is 4.95. The quantitative estimate of drug-likeness (QED) is 0.596. The molecule has 0 spiro atoms. The van der Waals surface area contributed by atoms with Gasteiger partial charge in [0.1, 0.15) is 0 Å². The monoisotopic (exact) mass is 446 g/mol. The highest BCUT2D eigenvalue weighted by molar-refractivity contribution is 7.12. The number of thiophene rings is 1. The molecule has 1 N–H and O–H groups in total. The molecule has 2 atom stereocenters. The highest BCUT2D eigenvalue weighted by atomic mass is 32.1. The van der Waals surface area contributed by atoms with Gasteiger partial charge in [-0.1, -0.05) is 19.4 Å². The van der Waals surface area contributed by atoms with Crippen LogP contribution in [0.1, 0.15) is 40.9 Å². The van der Waals surface area contributed by atoms with Crippen LogP contribution < -0.4 is 19.5 Å². The summed E-state index contributed by atoms with van der Waals surface area (Å²) < 4.78 is 16.4. The van der Waals surface area contributed by atoms with Crippen molar-refractivity contribution in [2.45, 2.75) is 25.7 Å². The van der Waals surface area contributed by atoms with E-state index in [4.69, 9.17) is 14.2 Å². The fraction of sp³-hybridized carbons (Fsp3) is 0.478. The lowest BCUT2D eigenvalue weighted by Gasteiger charge is -2.21. The first-order chi connectivity index (χ1) is 15.0. The van der Waals surface area contributed by atoms with Crippen LogP contribution in [-0.2, 0) is 4.79 Å². The number of methoxy groups -OCH3 is 3. The summed E-state index contributed by atoms with van der Waals surface area (Å²) in [6, 6.07) is 7.42. The molecule has 0 aliphatic carbocycles. The number of benzene rings is 1. The lowest BCUT2D eigenvalue weighted by atomic mass is 9.88. The molecule has 2 amide bonds. The van der Waals surface area contributed by atoms with E-state index in [0.717, 1.165) is 18.4 Å². The number of carbonyl (C=O) groups is 2. The normalized spacial score (nSPS) is 18.0. The third-order valence-electron chi connectivity index (χ3n) is 5.62. The van der Waals surface area contributed by atoms with Gasteiger partial charge in [-0.2, -0.15) is 0 Å². The Hall–Kier alpha value is -2.74. The fourth-order valence-corrected chi connectivity index (χ4v) is 4.65. The Morgan fingerprint density at radius 2 is 1.84 bits per heavy atom. The first-order valence-corrected chi connectivity index (χ1v) is 11.3. The number of likely N-dealkylation sites (tertiary alicyclic amines) is 1. The van der Waals surface area contributed by atoms with Crippen LogP contribution in [0.25, 0.3) is 0 Å². The molecule has 1 fully saturated rings. The van der Waals surface area contributed by atoms with E-state index in [1.54, 1.807) is 26.2 Å². The number of hydrogen-bond acceptors (Lipinski definition) is 6. The van der Waals surface area contributed by atoms with Crippen LogP contribution in [0.2, 0.25) is 0 Å². The molecular weight excluding hydrogens is 416 g/mol. The van der Waals surface area contributed by atoms with Crippen molar-refractivity contribution in [2.75, 3.05) is 41.0 Å². The molecular formula is C23H30N2O5S. The van der Waals surface area contributed by atoms with Crippen LogP contribution in [0, 0.1) is 5.92 Å². The van der Waals surface area contributed by atoms with Crippen molar-refractivity contribution in [3.05, 3.63) is 40.1 Å². The summed E-state index contributed by atoms with van der Waals surface area (Å²) >= 11 is 1.41. The summed E-state index contributed by atoms with van der Waals surface area (Å²) in [6.45, 7) is 3.53. The Bertz CT molecular complexity index is 874. The topological polar surface area (TPSA) is 77.1 Å². The number of nitrogens with zero attached hydrogens (tertiary/aromatic N) is 1. The third-order valence-corrected chi connectivity index (χ3v) is 6.48. The Kier molecular flexibility index (Phi) is 7.79. The predicted octanol–water partition coefficient (Wildman–Crippen LogP) is 3.55. The number of rotatable bonds is 9. The van der Waals surface area contributed by atoms with Gasteiger partial charge in [0.15, 0.2) is 11.5 Å². The summed E-state index contributed by atoms with van der Waals surface area (Å²) in [4.78, 5) is 28.5. The van der Waals surface area contributed by atoms with Gasteiger partial charge in [-0.25, -0.2) is 0 Å². The van der Waals surface area contributed by atoms with Crippen LogP contribution in [-0.4, -0.2) is 57.7 Å². The second-order valence-corrected chi connectivity index (χ2v) is 8.45. The van der Waals surface area contributed by atoms with Gasteiger partial charge in [0.05, 0.1) is 32.1 Å². The van der Waals surface area contributed by atoms with E-state index in [-0.39, 0.29) is 23.7 Å². The summed E-state index contributed by atoms with van der Waals surface area (Å²) in [6.07, 6.45) is 1.93. The molecule has 0 saturated carbocycles. The van der Waals surface area contributed by atoms with Gasteiger partial charge in [0, 0.05) is 25.6 Å². The van der Waals surface area contributed by atoms with Gasteiger partial charge in [-0.15, -0.1) is 11.3 Å². The molecule has 0 bridgehead atoms. The second-order valence-electron chi connectivity index (χ2n) is 7.50. The second kappa shape index (κ2) is 10.5. The van der Waals surface area contributed by atoms with E-state index in [0.29, 0.717) is 41.8 Å². The Labute approximate surface area is 187 Å². The maximum atomic E-state index is 13.1. The number of unbranched alkanes of at least 4 members (excludes halogenated alkanes) is 1. The van der Waals surface area contributed by atoms with E-state index in [1.807, 2.05) is 29.6 Å². The molecule has 2 aromatic rings. The van der Waals surface area contributed by atoms with E-state index in [2.05, 4.69) is 12.2 Å². The Balaban J connectivity index is 1.94. The predicted molar refractivity (Wildman–Crippen MR) is 120 cm³/mol. The maximum Gasteiger partial charge on any atom is 0.263 e. The van der Waals surface area contributed by atoms with E-state index >= 15 is 0 Å². The fourth-order valence-electron chi connectivity index (χ4n) is 3.96. The summed E-state index contributed by atoms with van der Waals surface area (Å²) in [5.41, 5.74) is 0.881. The minimum atomic E-state index is -0.358. The molecule has 7 nitrogen and oxygen atoms in total. The van der Waals surface area contributed by atoms with Gasteiger partial charge < -0.3 is 24.4 Å². The van der Waals surface area contributed by atoms with Gasteiger partial charge in [0.25, 0.3) is 5.91 Å². The molecule has 0 unspecified atom stereocenters. The van der Waals surface area contributed by atoms with Crippen molar-refractivity contribution in [3.8, 4) is 17.2 Å². The van der Waals surface area contributed by atoms with Gasteiger partial charge in [-0.3, -0.25) is 9.59 Å². The highest BCUT2D eigenvalue weighted by Crippen LogP contribution is 2.43. The molecule has 3 rings (SSSR count). The molecule has 1 aliphatic heterocycles. The summed E-state index contributed by atoms with van der Waals surface area (Å²) in [7, 11) is 4.69. The Morgan fingerprint density at radius 3 is 2.39 bits per heavy atom. The molecule has 168 valence electrons. The van der Waals surface area contributed by atoms with Gasteiger partial charge >= 0.3 is 0 Å². The van der Waals surface area contributed by atoms with E-state index in [9.17, 15) is 9.59 Å². The smallest absolute Gasteiger partial charge is 0.263 e. The molecule has 1 aromatic carbocycles. The standard InChI is InChI=1S/C23H30N2O5S/c1-5-6-9-24-22(26)17-14-25(23(27)20-8-7-10-31-20)13-16(17)15-11-18(28-2)21(30-4)19(12-15)29-3/h7-8,10-12,16-17H,5-6,9,13-14H2,1-4H3,(H,24,26)/t16-,17+/m0/s1. The zero-order valence-corrected chi connectivity index (χ0v) is 19.3. The number of nitrogens with one attached hydrogen (secondary N) is 1. The Morgan fingerprint density at radius 1 is 1.13 bits per heavy atom. The first kappa shape index (κ1) is 22.9. The van der Waals surface area contributed by atoms with E-state index in [1.165, 1.54) is 11.3 Å². The van der Waals surface area contributed by atoms with Crippen molar-refractivity contribution in [1.82, 2.24) is 10.2 Å². The van der Waals surface area contributed by atoms with Crippen LogP contribution in [0.3, 0.4) is 0 Å². The highest BCUT2D eigenvalue weighted by Gasteiger charge is 2.41. The van der Waals surface area contributed by atoms with E-state index < -0.39 is 0 Å². The SMILES string of the molecule is CCCCNC(=O)[C@@H]1CN(C(=O)c2cccs2)C[C@H]1c1cc(OC)c(OC)c(OC)c1. The minimum absolute atomic E-state index is 0.0336. The number of amides is 2. The lowest BCUT2D eigenvalue weighted by Crippen LogP contribution is -2.36. The molecule has 8 heteroatoms. The van der Waals surface area contributed by atoms with Crippen molar-refractivity contribution in [2.24, 2.45) is 5.92 Å². The van der Waals surface area contributed by atoms with Crippen LogP contribution in [0.4, 0.5) is 0 Å². The number of hydrogen-bond donors (Lipinski definition) is 1. The van der Waals surface area contributed by atoms with Crippen molar-refractivity contribution < 1.29 is 23.8 Å². The molecule has 31 heavy (non-hydrogen) atoms. The van der Waals surface area contributed by atoms with Crippen molar-refractivity contribution in [1.29, 1.82) is 0 Å². The average molecular weight is 447 g/mol. The molecule has 1 saturated heterocycles. The average Bonchev–Trinajstić information content (AvgIpc) is 3.48. The zero-order chi connectivity index (χ0) is 22.4. The maximum absolute atomic E-state index is 13.1. The molecule has 1 aromatic heterocycles. The minimum Gasteiger partial charge on any atom is -0.493 e. The van der Waals surface area contributed by atoms with Crippen LogP contribution >= 0.6 is 11.3 Å². The zero-order valence-electron chi connectivity index (χ0n) is 18.5. The summed E-state index contributed by atoms with van der Waals surface area (Å²) in [5, 5.41) is 4.92. The van der Waals surface area contributed by atoms with Crippen molar-refractivity contribution >= 4 is 23.2 Å².